The molecule has 0 spiro atoms. The highest BCUT2D eigenvalue weighted by molar-refractivity contribution is 7.89. The first-order valence-electron chi connectivity index (χ1n) is 11.7. The predicted octanol–water partition coefficient (Wildman–Crippen LogP) is 2.60. The Balaban J connectivity index is 1.33. The van der Waals surface area contributed by atoms with Gasteiger partial charge in [-0.2, -0.15) is 4.31 Å². The van der Waals surface area contributed by atoms with Crippen LogP contribution in [0.15, 0.2) is 41.4 Å². The highest BCUT2D eigenvalue weighted by Gasteiger charge is 2.29. The van der Waals surface area contributed by atoms with Crippen molar-refractivity contribution in [2.45, 2.75) is 49.6 Å². The van der Waals surface area contributed by atoms with Crippen molar-refractivity contribution in [3.05, 3.63) is 47.8 Å². The summed E-state index contributed by atoms with van der Waals surface area (Å²) in [6, 6.07) is 9.69. The molecule has 2 aliphatic rings. The number of ether oxygens (including phenoxy) is 1. The van der Waals surface area contributed by atoms with Gasteiger partial charge in [0.25, 0.3) is 5.91 Å². The van der Waals surface area contributed by atoms with E-state index in [1.165, 1.54) is 15.9 Å². The number of carbonyl (C=O) groups excluding carboxylic acids is 1. The summed E-state index contributed by atoms with van der Waals surface area (Å²) >= 11 is 0. The second-order valence-corrected chi connectivity index (χ2v) is 11.0. The summed E-state index contributed by atoms with van der Waals surface area (Å²) in [4.78, 5) is 15.5. The number of methoxy groups -OCH3 is 1. The molecule has 0 saturated carbocycles. The van der Waals surface area contributed by atoms with Crippen LogP contribution in [-0.4, -0.2) is 67.4 Å². The first-order chi connectivity index (χ1) is 15.9. The molecule has 8 nitrogen and oxygen atoms in total. The van der Waals surface area contributed by atoms with Crippen molar-refractivity contribution in [1.82, 2.24) is 19.1 Å². The van der Waals surface area contributed by atoms with Gasteiger partial charge in [-0.05, 0) is 49.4 Å². The SMILES string of the molecule is COc1cccc(CN2CCC(NC(=O)c3cc(S(=O)(=O)N4CCCCC4)cn3C)CC2)c1. The molecule has 0 aliphatic carbocycles. The van der Waals surface area contributed by atoms with Gasteiger partial charge in [-0.3, -0.25) is 9.69 Å². The number of hydrogen-bond acceptors (Lipinski definition) is 5. The molecule has 1 aromatic carbocycles. The normalized spacial score (nSPS) is 18.8. The molecule has 2 fully saturated rings. The van der Waals surface area contributed by atoms with Crippen molar-refractivity contribution in [1.29, 1.82) is 0 Å². The van der Waals surface area contributed by atoms with Crippen LogP contribution in [-0.2, 0) is 23.6 Å². The lowest BCUT2D eigenvalue weighted by molar-refractivity contribution is 0.0900. The van der Waals surface area contributed by atoms with Crippen molar-refractivity contribution >= 4 is 15.9 Å². The fourth-order valence-corrected chi connectivity index (χ4v) is 6.27. The minimum atomic E-state index is -3.56. The molecule has 2 aromatic rings. The van der Waals surface area contributed by atoms with E-state index in [2.05, 4.69) is 22.3 Å². The highest BCUT2D eigenvalue weighted by Crippen LogP contribution is 2.23. The molecular formula is C24H34N4O4S. The number of carbonyl (C=O) groups is 1. The number of benzene rings is 1. The maximum absolute atomic E-state index is 13.0. The average molecular weight is 475 g/mol. The maximum atomic E-state index is 13.0. The molecule has 4 rings (SSSR count). The minimum Gasteiger partial charge on any atom is -0.497 e. The molecule has 0 atom stereocenters. The molecule has 1 amide bonds. The first kappa shape index (κ1) is 23.8. The Bertz CT molecular complexity index is 1070. The van der Waals surface area contributed by atoms with E-state index in [0.29, 0.717) is 18.8 Å². The predicted molar refractivity (Wildman–Crippen MR) is 127 cm³/mol. The van der Waals surface area contributed by atoms with Crippen LogP contribution in [0.25, 0.3) is 0 Å². The Morgan fingerprint density at radius 2 is 1.82 bits per heavy atom. The van der Waals surface area contributed by atoms with Crippen molar-refractivity contribution in [3.63, 3.8) is 0 Å². The standard InChI is InChI=1S/C24H34N4O4S/c1-26-18-22(33(30,31)28-11-4-3-5-12-28)16-23(26)24(29)25-20-9-13-27(14-10-20)17-19-7-6-8-21(15-19)32-2/h6-8,15-16,18,20H,3-5,9-14,17H2,1-2H3,(H,25,29). The van der Waals surface area contributed by atoms with Crippen molar-refractivity contribution in [2.24, 2.45) is 7.05 Å². The van der Waals surface area contributed by atoms with Gasteiger partial charge in [-0.25, -0.2) is 8.42 Å². The number of rotatable bonds is 7. The summed E-state index contributed by atoms with van der Waals surface area (Å²) < 4.78 is 34.4. The smallest absolute Gasteiger partial charge is 0.268 e. The molecule has 9 heteroatoms. The Hall–Kier alpha value is -2.36. The van der Waals surface area contributed by atoms with Crippen LogP contribution < -0.4 is 10.1 Å². The van der Waals surface area contributed by atoms with Crippen molar-refractivity contribution in [2.75, 3.05) is 33.3 Å². The molecule has 180 valence electrons. The molecule has 0 bridgehead atoms. The topological polar surface area (TPSA) is 83.9 Å². The summed E-state index contributed by atoms with van der Waals surface area (Å²) in [5.41, 5.74) is 1.59. The van der Waals surface area contributed by atoms with Gasteiger partial charge in [0.2, 0.25) is 10.0 Å². The number of piperidine rings is 2. The monoisotopic (exact) mass is 474 g/mol. The molecule has 3 heterocycles. The molecular weight excluding hydrogens is 440 g/mol. The second kappa shape index (κ2) is 10.3. The Labute approximate surface area is 196 Å². The summed E-state index contributed by atoms with van der Waals surface area (Å²) in [6.45, 7) is 3.74. The largest absolute Gasteiger partial charge is 0.497 e. The number of nitrogens with zero attached hydrogens (tertiary/aromatic N) is 3. The van der Waals surface area contributed by atoms with Crippen molar-refractivity contribution < 1.29 is 17.9 Å². The zero-order valence-corrected chi connectivity index (χ0v) is 20.3. The number of aryl methyl sites for hydroxylation is 1. The summed E-state index contributed by atoms with van der Waals surface area (Å²) in [5, 5.41) is 3.11. The third kappa shape index (κ3) is 5.59. The van der Waals surface area contributed by atoms with Crippen LogP contribution in [0.2, 0.25) is 0 Å². The van der Waals surface area contributed by atoms with Gasteiger partial charge in [-0.15, -0.1) is 0 Å². The third-order valence-corrected chi connectivity index (χ3v) is 8.49. The molecule has 1 N–H and O–H groups in total. The quantitative estimate of drug-likeness (QED) is 0.667. The fraction of sp³-hybridized carbons (Fsp3) is 0.542. The number of likely N-dealkylation sites (tertiary alicyclic amines) is 1. The second-order valence-electron chi connectivity index (χ2n) is 9.01. The Morgan fingerprint density at radius 1 is 1.09 bits per heavy atom. The number of amides is 1. The van der Waals surface area contributed by atoms with Crippen LogP contribution in [0, 0.1) is 0 Å². The lowest BCUT2D eigenvalue weighted by Gasteiger charge is -2.32. The lowest BCUT2D eigenvalue weighted by atomic mass is 10.0. The number of hydrogen-bond donors (Lipinski definition) is 1. The number of nitrogens with one attached hydrogen (secondary N) is 1. The molecule has 0 radical (unpaired) electrons. The van der Waals surface area contributed by atoms with Crippen LogP contribution in [0.4, 0.5) is 0 Å². The summed E-state index contributed by atoms with van der Waals surface area (Å²) in [7, 11) is -0.160. The average Bonchev–Trinajstić information content (AvgIpc) is 3.23. The van der Waals surface area contributed by atoms with E-state index in [-0.39, 0.29) is 16.8 Å². The van der Waals surface area contributed by atoms with Crippen LogP contribution in [0.5, 0.6) is 5.75 Å². The molecule has 2 saturated heterocycles. The Kier molecular flexibility index (Phi) is 7.41. The molecule has 1 aromatic heterocycles. The van der Waals surface area contributed by atoms with Crippen molar-refractivity contribution in [3.8, 4) is 5.75 Å². The Morgan fingerprint density at radius 3 is 2.52 bits per heavy atom. The zero-order valence-electron chi connectivity index (χ0n) is 19.5. The van der Waals surface area contributed by atoms with Gasteiger partial charge in [0.05, 0.1) is 7.11 Å². The van der Waals surface area contributed by atoms with Gasteiger partial charge in [0, 0.05) is 52.0 Å². The van der Waals surface area contributed by atoms with Gasteiger partial charge in [0.1, 0.15) is 16.3 Å². The molecule has 2 aliphatic heterocycles. The maximum Gasteiger partial charge on any atom is 0.268 e. The summed E-state index contributed by atoms with van der Waals surface area (Å²) in [6.07, 6.45) is 6.10. The van der Waals surface area contributed by atoms with Crippen LogP contribution in [0.1, 0.15) is 48.2 Å². The summed E-state index contributed by atoms with van der Waals surface area (Å²) in [5.74, 6) is 0.641. The highest BCUT2D eigenvalue weighted by atomic mass is 32.2. The van der Waals surface area contributed by atoms with E-state index in [9.17, 15) is 13.2 Å². The van der Waals surface area contributed by atoms with Crippen LogP contribution in [0.3, 0.4) is 0 Å². The van der Waals surface area contributed by atoms with E-state index in [1.807, 2.05) is 12.1 Å². The third-order valence-electron chi connectivity index (χ3n) is 6.63. The first-order valence-corrected chi connectivity index (χ1v) is 13.1. The lowest BCUT2D eigenvalue weighted by Crippen LogP contribution is -2.44. The number of sulfonamides is 1. The van der Waals surface area contributed by atoms with E-state index >= 15 is 0 Å². The minimum absolute atomic E-state index is 0.0797. The van der Waals surface area contributed by atoms with E-state index < -0.39 is 10.0 Å². The van der Waals surface area contributed by atoms with Crippen LogP contribution >= 0.6 is 0 Å². The van der Waals surface area contributed by atoms with Gasteiger partial charge >= 0.3 is 0 Å². The zero-order chi connectivity index (χ0) is 23.4. The molecule has 33 heavy (non-hydrogen) atoms. The fourth-order valence-electron chi connectivity index (χ4n) is 4.68. The van der Waals surface area contributed by atoms with E-state index in [1.54, 1.807) is 24.9 Å². The number of aromatic nitrogens is 1. The van der Waals surface area contributed by atoms with Gasteiger partial charge in [0.15, 0.2) is 0 Å². The van der Waals surface area contributed by atoms with E-state index in [0.717, 1.165) is 57.5 Å². The molecule has 0 unspecified atom stereocenters. The van der Waals surface area contributed by atoms with Gasteiger partial charge < -0.3 is 14.6 Å². The van der Waals surface area contributed by atoms with Gasteiger partial charge in [-0.1, -0.05) is 18.6 Å². The van der Waals surface area contributed by atoms with E-state index in [4.69, 9.17) is 4.74 Å².